The van der Waals surface area contributed by atoms with E-state index in [1.54, 1.807) is 13.2 Å². The van der Waals surface area contributed by atoms with Gasteiger partial charge in [0.2, 0.25) is 11.8 Å². The van der Waals surface area contributed by atoms with Gasteiger partial charge in [0, 0.05) is 5.69 Å². The SMILES string of the molecule is COc1cc(C=NNC(=O)CC(=O)Nc2ccc(F)cc2)ccc1C. The number of ether oxygens (including phenoxy) is 1. The van der Waals surface area contributed by atoms with E-state index >= 15 is 0 Å². The fraction of sp³-hybridized carbons (Fsp3) is 0.167. The van der Waals surface area contributed by atoms with Crippen LogP contribution in [0.4, 0.5) is 10.1 Å². The Hall–Kier alpha value is -3.22. The fourth-order valence-electron chi connectivity index (χ4n) is 2.02. The van der Waals surface area contributed by atoms with E-state index in [0.717, 1.165) is 11.1 Å². The minimum Gasteiger partial charge on any atom is -0.496 e. The van der Waals surface area contributed by atoms with Gasteiger partial charge in [-0.15, -0.1) is 0 Å². The van der Waals surface area contributed by atoms with E-state index in [9.17, 15) is 14.0 Å². The second-order valence-corrected chi connectivity index (χ2v) is 5.25. The van der Waals surface area contributed by atoms with Crippen molar-refractivity contribution < 1.29 is 18.7 Å². The Bertz CT molecular complexity index is 789. The van der Waals surface area contributed by atoms with Crippen molar-refractivity contribution in [3.8, 4) is 5.75 Å². The molecule has 0 saturated carbocycles. The van der Waals surface area contributed by atoms with Crippen molar-refractivity contribution in [1.82, 2.24) is 5.43 Å². The lowest BCUT2D eigenvalue weighted by Gasteiger charge is -2.05. The Kier molecular flexibility index (Phi) is 6.22. The molecule has 2 aromatic carbocycles. The van der Waals surface area contributed by atoms with Crippen LogP contribution in [-0.2, 0) is 9.59 Å². The first-order valence-corrected chi connectivity index (χ1v) is 7.50. The number of rotatable bonds is 6. The molecule has 0 bridgehead atoms. The summed E-state index contributed by atoms with van der Waals surface area (Å²) in [5.74, 6) is -0.766. The molecule has 130 valence electrons. The zero-order valence-electron chi connectivity index (χ0n) is 13.9. The number of nitrogens with one attached hydrogen (secondary N) is 2. The zero-order valence-corrected chi connectivity index (χ0v) is 13.9. The van der Waals surface area contributed by atoms with Crippen LogP contribution in [0, 0.1) is 12.7 Å². The summed E-state index contributed by atoms with van der Waals surface area (Å²) in [5, 5.41) is 6.30. The lowest BCUT2D eigenvalue weighted by atomic mass is 10.1. The van der Waals surface area contributed by atoms with Gasteiger partial charge >= 0.3 is 0 Å². The highest BCUT2D eigenvalue weighted by atomic mass is 19.1. The van der Waals surface area contributed by atoms with E-state index in [-0.39, 0.29) is 0 Å². The average Bonchev–Trinajstić information content (AvgIpc) is 2.58. The number of amides is 2. The van der Waals surface area contributed by atoms with Gasteiger partial charge in [-0.3, -0.25) is 9.59 Å². The van der Waals surface area contributed by atoms with E-state index in [4.69, 9.17) is 4.74 Å². The summed E-state index contributed by atoms with van der Waals surface area (Å²) in [6.07, 6.45) is 1.06. The first kappa shape index (κ1) is 18.1. The molecule has 0 aromatic heterocycles. The molecule has 0 spiro atoms. The smallest absolute Gasteiger partial charge is 0.249 e. The average molecular weight is 343 g/mol. The molecule has 0 saturated heterocycles. The van der Waals surface area contributed by atoms with E-state index in [2.05, 4.69) is 15.8 Å². The van der Waals surface area contributed by atoms with Crippen molar-refractivity contribution in [3.05, 3.63) is 59.4 Å². The largest absolute Gasteiger partial charge is 0.496 e. The molecule has 2 N–H and O–H groups in total. The van der Waals surface area contributed by atoms with Crippen molar-refractivity contribution in [2.24, 2.45) is 5.10 Å². The third kappa shape index (κ3) is 5.72. The van der Waals surface area contributed by atoms with Crippen molar-refractivity contribution in [2.75, 3.05) is 12.4 Å². The molecule has 2 aromatic rings. The lowest BCUT2D eigenvalue weighted by Crippen LogP contribution is -2.24. The number of carbonyl (C=O) groups excluding carboxylic acids is 2. The predicted molar refractivity (Wildman–Crippen MR) is 93.1 cm³/mol. The normalized spacial score (nSPS) is 10.5. The molecule has 2 amide bonds. The second kappa shape index (κ2) is 8.58. The van der Waals surface area contributed by atoms with Crippen LogP contribution >= 0.6 is 0 Å². The number of aryl methyl sites for hydroxylation is 1. The van der Waals surface area contributed by atoms with Crippen LogP contribution < -0.4 is 15.5 Å². The first-order chi connectivity index (χ1) is 12.0. The number of anilines is 1. The van der Waals surface area contributed by atoms with E-state index in [1.165, 1.54) is 30.5 Å². The summed E-state index contributed by atoms with van der Waals surface area (Å²) in [6, 6.07) is 10.7. The van der Waals surface area contributed by atoms with Gasteiger partial charge in [0.15, 0.2) is 0 Å². The molecule has 0 heterocycles. The van der Waals surface area contributed by atoms with E-state index < -0.39 is 24.1 Å². The Balaban J connectivity index is 1.83. The van der Waals surface area contributed by atoms with Crippen LogP contribution in [0.1, 0.15) is 17.5 Å². The first-order valence-electron chi connectivity index (χ1n) is 7.50. The predicted octanol–water partition coefficient (Wildman–Crippen LogP) is 2.62. The third-order valence-corrected chi connectivity index (χ3v) is 3.28. The van der Waals surface area contributed by atoms with Gasteiger partial charge in [-0.05, 0) is 48.4 Å². The molecule has 0 radical (unpaired) electrons. The molecule has 0 aliphatic carbocycles. The second-order valence-electron chi connectivity index (χ2n) is 5.25. The monoisotopic (exact) mass is 343 g/mol. The maximum absolute atomic E-state index is 12.8. The van der Waals surface area contributed by atoms with Gasteiger partial charge in [-0.1, -0.05) is 12.1 Å². The summed E-state index contributed by atoms with van der Waals surface area (Å²) < 4.78 is 18.0. The molecule has 7 heteroatoms. The summed E-state index contributed by atoms with van der Waals surface area (Å²) in [5.41, 5.74) is 4.43. The third-order valence-electron chi connectivity index (χ3n) is 3.28. The highest BCUT2D eigenvalue weighted by Gasteiger charge is 2.09. The van der Waals surface area contributed by atoms with Crippen LogP contribution in [0.3, 0.4) is 0 Å². The molecule has 2 rings (SSSR count). The minimum absolute atomic E-state index is 0.397. The maximum Gasteiger partial charge on any atom is 0.249 e. The van der Waals surface area contributed by atoms with Gasteiger partial charge in [0.25, 0.3) is 0 Å². The fourth-order valence-corrected chi connectivity index (χ4v) is 2.02. The maximum atomic E-state index is 12.8. The van der Waals surface area contributed by atoms with Gasteiger partial charge in [0.1, 0.15) is 18.0 Å². The van der Waals surface area contributed by atoms with Crippen molar-refractivity contribution >= 4 is 23.7 Å². The number of halogens is 1. The molecule has 0 atom stereocenters. The lowest BCUT2D eigenvalue weighted by molar-refractivity contribution is -0.126. The Labute approximate surface area is 144 Å². The van der Waals surface area contributed by atoms with Crippen molar-refractivity contribution in [1.29, 1.82) is 0 Å². The number of nitrogens with zero attached hydrogens (tertiary/aromatic N) is 1. The minimum atomic E-state index is -0.560. The van der Waals surface area contributed by atoms with Crippen LogP contribution in [0.5, 0.6) is 5.75 Å². The molecule has 0 unspecified atom stereocenters. The summed E-state index contributed by atoms with van der Waals surface area (Å²) in [4.78, 5) is 23.4. The van der Waals surface area contributed by atoms with Crippen LogP contribution in [-0.4, -0.2) is 25.1 Å². The van der Waals surface area contributed by atoms with Crippen LogP contribution in [0.15, 0.2) is 47.6 Å². The van der Waals surface area contributed by atoms with Gasteiger partial charge < -0.3 is 10.1 Å². The van der Waals surface area contributed by atoms with E-state index in [1.807, 2.05) is 19.1 Å². The van der Waals surface area contributed by atoms with Gasteiger partial charge in [0.05, 0.1) is 13.3 Å². The molecule has 0 aliphatic heterocycles. The number of methoxy groups -OCH3 is 1. The Morgan fingerprint density at radius 1 is 1.16 bits per heavy atom. The molecular formula is C18H18FN3O3. The molecule has 0 aliphatic rings. The standard InChI is InChI=1S/C18H18FN3O3/c1-12-3-4-13(9-16(12)25-2)11-20-22-18(24)10-17(23)21-15-7-5-14(19)6-8-15/h3-9,11H,10H2,1-2H3,(H,21,23)(H,22,24). The van der Waals surface area contributed by atoms with Crippen LogP contribution in [0.25, 0.3) is 0 Å². The summed E-state index contributed by atoms with van der Waals surface area (Å²) >= 11 is 0. The van der Waals surface area contributed by atoms with Gasteiger partial charge in [-0.2, -0.15) is 5.10 Å². The molecular weight excluding hydrogens is 325 g/mol. The van der Waals surface area contributed by atoms with Crippen LogP contribution in [0.2, 0.25) is 0 Å². The summed E-state index contributed by atoms with van der Waals surface area (Å²) in [7, 11) is 1.57. The number of hydrogen-bond acceptors (Lipinski definition) is 4. The Morgan fingerprint density at radius 2 is 1.88 bits per heavy atom. The zero-order chi connectivity index (χ0) is 18.2. The molecule has 6 nitrogen and oxygen atoms in total. The quantitative estimate of drug-likeness (QED) is 0.481. The number of hydrogen-bond donors (Lipinski definition) is 2. The van der Waals surface area contributed by atoms with Gasteiger partial charge in [-0.25, -0.2) is 9.82 Å². The molecule has 0 fully saturated rings. The van der Waals surface area contributed by atoms with Crippen molar-refractivity contribution in [3.63, 3.8) is 0 Å². The highest BCUT2D eigenvalue weighted by Crippen LogP contribution is 2.17. The number of benzene rings is 2. The topological polar surface area (TPSA) is 79.8 Å². The molecule has 25 heavy (non-hydrogen) atoms. The highest BCUT2D eigenvalue weighted by molar-refractivity contribution is 6.03. The summed E-state index contributed by atoms with van der Waals surface area (Å²) in [6.45, 7) is 1.92. The number of carbonyl (C=O) groups is 2. The number of hydrazone groups is 1. The van der Waals surface area contributed by atoms with Crippen molar-refractivity contribution in [2.45, 2.75) is 13.3 Å². The Morgan fingerprint density at radius 3 is 2.56 bits per heavy atom. The van der Waals surface area contributed by atoms with E-state index in [0.29, 0.717) is 11.4 Å².